The van der Waals surface area contributed by atoms with Crippen molar-refractivity contribution in [3.63, 3.8) is 0 Å². The van der Waals surface area contributed by atoms with Crippen molar-refractivity contribution in [2.75, 3.05) is 6.61 Å². The van der Waals surface area contributed by atoms with Crippen LogP contribution in [0.15, 0.2) is 24.3 Å². The number of para-hydroxylation sites is 1. The van der Waals surface area contributed by atoms with Gasteiger partial charge >= 0.3 is 0 Å². The van der Waals surface area contributed by atoms with E-state index in [1.165, 1.54) is 0 Å². The van der Waals surface area contributed by atoms with Gasteiger partial charge in [0, 0.05) is 12.8 Å². The van der Waals surface area contributed by atoms with E-state index in [0.717, 1.165) is 15.2 Å². The lowest BCUT2D eigenvalue weighted by Gasteiger charge is -2.27. The van der Waals surface area contributed by atoms with Gasteiger partial charge in [0.25, 0.3) is 0 Å². The molecule has 20 heavy (non-hydrogen) atoms. The lowest BCUT2D eigenvalue weighted by Crippen LogP contribution is -2.48. The number of fused-ring (bicyclic) bond motifs is 1. The third-order valence-corrected chi connectivity index (χ3v) is 4.57. The zero-order valence-corrected chi connectivity index (χ0v) is 12.7. The molecule has 1 aromatic carbocycles. The Bertz CT molecular complexity index is 557. The van der Waals surface area contributed by atoms with Crippen molar-refractivity contribution in [2.24, 2.45) is 0 Å². The molecule has 0 saturated heterocycles. The minimum absolute atomic E-state index is 0.0392. The van der Waals surface area contributed by atoms with Gasteiger partial charge in [0.2, 0.25) is 5.91 Å². The van der Waals surface area contributed by atoms with Crippen LogP contribution >= 0.6 is 11.3 Å². The summed E-state index contributed by atoms with van der Waals surface area (Å²) in [6.45, 7) is 3.75. The van der Waals surface area contributed by atoms with Crippen molar-refractivity contribution in [3.05, 3.63) is 29.3 Å². The molecule has 108 valence electrons. The molecule has 2 aromatic rings. The lowest BCUT2D eigenvalue weighted by molar-refractivity contribution is -0.123. The lowest BCUT2D eigenvalue weighted by atomic mass is 10.00. The van der Waals surface area contributed by atoms with Gasteiger partial charge in [0.05, 0.1) is 27.4 Å². The second-order valence-corrected chi connectivity index (χ2v) is 6.31. The minimum Gasteiger partial charge on any atom is -0.394 e. The van der Waals surface area contributed by atoms with Crippen LogP contribution in [-0.4, -0.2) is 28.1 Å². The molecule has 0 fully saturated rings. The maximum absolute atomic E-state index is 11.9. The first-order chi connectivity index (χ1) is 9.56. The number of amides is 1. The summed E-state index contributed by atoms with van der Waals surface area (Å²) in [7, 11) is 0. The van der Waals surface area contributed by atoms with Crippen molar-refractivity contribution >= 4 is 27.5 Å². The molecule has 0 aliphatic heterocycles. The molecule has 0 saturated carbocycles. The van der Waals surface area contributed by atoms with Crippen molar-refractivity contribution < 1.29 is 9.90 Å². The molecule has 1 amide bonds. The van der Waals surface area contributed by atoms with Crippen LogP contribution in [0, 0.1) is 0 Å². The summed E-state index contributed by atoms with van der Waals surface area (Å²) in [4.78, 5) is 16.4. The number of nitrogens with one attached hydrogen (secondary N) is 1. The quantitative estimate of drug-likeness (QED) is 0.860. The number of aliphatic hydroxyl groups is 1. The molecule has 4 nitrogen and oxygen atoms in total. The molecule has 0 spiro atoms. The monoisotopic (exact) mass is 292 g/mol. The number of nitrogens with zero attached hydrogens (tertiary/aromatic N) is 1. The molecule has 0 radical (unpaired) electrons. The number of aromatic nitrogens is 1. The van der Waals surface area contributed by atoms with Crippen LogP contribution in [0.25, 0.3) is 10.2 Å². The maximum atomic E-state index is 11.9. The minimum atomic E-state index is -0.523. The molecule has 0 aliphatic carbocycles. The fourth-order valence-electron chi connectivity index (χ4n) is 1.89. The molecular formula is C15H20N2O2S. The molecule has 1 unspecified atom stereocenters. The van der Waals surface area contributed by atoms with Gasteiger partial charge in [-0.1, -0.05) is 19.1 Å². The van der Waals surface area contributed by atoms with Crippen molar-refractivity contribution in [2.45, 2.75) is 38.6 Å². The predicted octanol–water partition coefficient (Wildman–Crippen LogP) is 2.51. The zero-order chi connectivity index (χ0) is 14.6. The second kappa shape index (κ2) is 6.33. The number of rotatable bonds is 6. The molecule has 0 aliphatic rings. The average Bonchev–Trinajstić information content (AvgIpc) is 2.88. The number of aliphatic hydroxyl groups excluding tert-OH is 1. The maximum Gasteiger partial charge on any atom is 0.220 e. The van der Waals surface area contributed by atoms with Crippen molar-refractivity contribution in [3.8, 4) is 0 Å². The topological polar surface area (TPSA) is 62.2 Å². The highest BCUT2D eigenvalue weighted by Gasteiger charge is 2.22. The normalized spacial score (nSPS) is 14.2. The fraction of sp³-hybridized carbons (Fsp3) is 0.467. The van der Waals surface area contributed by atoms with E-state index in [9.17, 15) is 9.90 Å². The Morgan fingerprint density at radius 2 is 2.20 bits per heavy atom. The van der Waals surface area contributed by atoms with Crippen molar-refractivity contribution in [1.29, 1.82) is 0 Å². The number of thiazole rings is 1. The fourth-order valence-corrected chi connectivity index (χ4v) is 2.85. The molecule has 2 rings (SSSR count). The van der Waals surface area contributed by atoms with Gasteiger partial charge < -0.3 is 10.4 Å². The Hall–Kier alpha value is -1.46. The summed E-state index contributed by atoms with van der Waals surface area (Å²) in [5, 5.41) is 13.1. The van der Waals surface area contributed by atoms with E-state index in [2.05, 4.69) is 10.3 Å². The highest BCUT2D eigenvalue weighted by molar-refractivity contribution is 7.18. The zero-order valence-electron chi connectivity index (χ0n) is 11.8. The standard InChI is InChI=1S/C15H20N2O2S/c1-3-15(2,10-18)17-13(19)8-9-14-16-11-6-4-5-7-12(11)20-14/h4-7,18H,3,8-10H2,1-2H3,(H,17,19). The van der Waals surface area contributed by atoms with Gasteiger partial charge in [-0.3, -0.25) is 4.79 Å². The Morgan fingerprint density at radius 3 is 2.85 bits per heavy atom. The first-order valence-corrected chi connectivity index (χ1v) is 7.64. The second-order valence-electron chi connectivity index (χ2n) is 5.20. The highest BCUT2D eigenvalue weighted by Crippen LogP contribution is 2.22. The molecule has 5 heteroatoms. The number of hydrogen-bond acceptors (Lipinski definition) is 4. The van der Waals surface area contributed by atoms with E-state index in [0.29, 0.717) is 19.3 Å². The molecular weight excluding hydrogens is 272 g/mol. The van der Waals surface area contributed by atoms with Crippen LogP contribution < -0.4 is 5.32 Å². The smallest absolute Gasteiger partial charge is 0.220 e. The van der Waals surface area contributed by atoms with Gasteiger partial charge in [-0.25, -0.2) is 4.98 Å². The number of benzene rings is 1. The largest absolute Gasteiger partial charge is 0.394 e. The Kier molecular flexibility index (Phi) is 4.73. The van der Waals surface area contributed by atoms with Crippen LogP contribution in [-0.2, 0) is 11.2 Å². The molecule has 1 heterocycles. The highest BCUT2D eigenvalue weighted by atomic mass is 32.1. The first kappa shape index (κ1) is 14.9. The van der Waals surface area contributed by atoms with Crippen LogP contribution in [0.2, 0.25) is 0 Å². The number of carbonyl (C=O) groups excluding carboxylic acids is 1. The summed E-state index contributed by atoms with van der Waals surface area (Å²) < 4.78 is 1.15. The number of hydrogen-bond donors (Lipinski definition) is 2. The number of aryl methyl sites for hydroxylation is 1. The summed E-state index contributed by atoms with van der Waals surface area (Å²) in [5.74, 6) is -0.0392. The Labute approximate surface area is 122 Å². The van der Waals surface area contributed by atoms with E-state index in [1.54, 1.807) is 11.3 Å². The summed E-state index contributed by atoms with van der Waals surface area (Å²) >= 11 is 1.63. The Morgan fingerprint density at radius 1 is 1.45 bits per heavy atom. The molecule has 0 bridgehead atoms. The average molecular weight is 292 g/mol. The molecule has 1 aromatic heterocycles. The van der Waals surface area contributed by atoms with E-state index in [1.807, 2.05) is 38.1 Å². The predicted molar refractivity (Wildman–Crippen MR) is 81.9 cm³/mol. The van der Waals surface area contributed by atoms with Crippen molar-refractivity contribution in [1.82, 2.24) is 10.3 Å². The summed E-state index contributed by atoms with van der Waals surface area (Å²) in [6, 6.07) is 7.98. The molecule has 2 N–H and O–H groups in total. The van der Waals surface area contributed by atoms with Gasteiger partial charge in [-0.05, 0) is 25.5 Å². The number of carbonyl (C=O) groups is 1. The van der Waals surface area contributed by atoms with Gasteiger partial charge in [0.15, 0.2) is 0 Å². The van der Waals surface area contributed by atoms with Gasteiger partial charge in [-0.15, -0.1) is 11.3 Å². The van der Waals surface area contributed by atoms with Crippen LogP contribution in [0.5, 0.6) is 0 Å². The third-order valence-electron chi connectivity index (χ3n) is 3.47. The van der Waals surface area contributed by atoms with Crippen LogP contribution in [0.1, 0.15) is 31.7 Å². The van der Waals surface area contributed by atoms with E-state index < -0.39 is 5.54 Å². The van der Waals surface area contributed by atoms with E-state index >= 15 is 0 Å². The van der Waals surface area contributed by atoms with Crippen LogP contribution in [0.3, 0.4) is 0 Å². The SMILES string of the molecule is CCC(C)(CO)NC(=O)CCc1nc2ccccc2s1. The first-order valence-electron chi connectivity index (χ1n) is 6.82. The summed E-state index contributed by atoms with van der Waals surface area (Å²) in [6.07, 6.45) is 1.74. The van der Waals surface area contributed by atoms with E-state index in [-0.39, 0.29) is 12.5 Å². The van der Waals surface area contributed by atoms with E-state index in [4.69, 9.17) is 0 Å². The molecule has 1 atom stereocenters. The summed E-state index contributed by atoms with van der Waals surface area (Å²) in [5.41, 5.74) is 0.465. The third kappa shape index (κ3) is 3.55. The van der Waals surface area contributed by atoms with Crippen LogP contribution in [0.4, 0.5) is 0 Å². The Balaban J connectivity index is 1.93. The van der Waals surface area contributed by atoms with Gasteiger partial charge in [-0.2, -0.15) is 0 Å². The van der Waals surface area contributed by atoms with Gasteiger partial charge in [0.1, 0.15) is 0 Å².